The molecule has 2 fully saturated rings. The molecule has 0 atom stereocenters. The number of ether oxygens (including phenoxy) is 1. The van der Waals surface area contributed by atoms with E-state index >= 15 is 0 Å². The predicted octanol–water partition coefficient (Wildman–Crippen LogP) is 2.69. The first-order valence-electron chi connectivity index (χ1n) is 11.1. The lowest BCUT2D eigenvalue weighted by Crippen LogP contribution is -2.39. The van der Waals surface area contributed by atoms with Crippen LogP contribution in [0.15, 0.2) is 34.2 Å². The molecule has 2 heterocycles. The average Bonchev–Trinajstić information content (AvgIpc) is 2.79. The lowest BCUT2D eigenvalue weighted by Gasteiger charge is -2.27. The Kier molecular flexibility index (Phi) is 8.53. The fourth-order valence-corrected chi connectivity index (χ4v) is 5.63. The molecule has 2 aliphatic rings. The van der Waals surface area contributed by atoms with Crippen molar-refractivity contribution < 1.29 is 13.2 Å². The molecule has 1 N–H and O–H groups in total. The number of nitrogens with zero attached hydrogens (tertiary/aromatic N) is 3. The van der Waals surface area contributed by atoms with Gasteiger partial charge in [-0.05, 0) is 55.7 Å². The van der Waals surface area contributed by atoms with Gasteiger partial charge in [-0.1, -0.05) is 18.6 Å². The minimum Gasteiger partial charge on any atom is -0.381 e. The third kappa shape index (κ3) is 6.18. The molecule has 0 unspecified atom stereocenters. The van der Waals surface area contributed by atoms with Gasteiger partial charge in [0.25, 0.3) is 0 Å². The largest absolute Gasteiger partial charge is 0.381 e. The molecule has 7 nitrogen and oxygen atoms in total. The third-order valence-corrected chi connectivity index (χ3v) is 8.03. The normalized spacial score (nSPS) is 19.6. The molecule has 8 heteroatoms. The van der Waals surface area contributed by atoms with Gasteiger partial charge in [0, 0.05) is 53.5 Å². The first-order chi connectivity index (χ1) is 14.5. The Labute approximate surface area is 181 Å². The molecule has 0 spiro atoms. The number of hydrogen-bond donors (Lipinski definition) is 1. The predicted molar refractivity (Wildman–Crippen MR) is 120 cm³/mol. The number of piperidine rings is 1. The van der Waals surface area contributed by atoms with E-state index in [0.29, 0.717) is 24.5 Å². The standard InChI is InChI=1S/C22H36N4O3S/c1-23-22(25(2)15-10-19-11-16-29-17-12-19)24-18-20-6-8-21(9-7-20)30(27,28)26-13-4-3-5-14-26/h6-9,19H,3-5,10-18H2,1-2H3,(H,23,24). The van der Waals surface area contributed by atoms with Crippen molar-refractivity contribution in [3.8, 4) is 0 Å². The lowest BCUT2D eigenvalue weighted by atomic mass is 9.96. The zero-order valence-electron chi connectivity index (χ0n) is 18.3. The minimum absolute atomic E-state index is 0.381. The van der Waals surface area contributed by atoms with Gasteiger partial charge in [0.2, 0.25) is 10.0 Å². The monoisotopic (exact) mass is 436 g/mol. The van der Waals surface area contributed by atoms with E-state index in [-0.39, 0.29) is 0 Å². The summed E-state index contributed by atoms with van der Waals surface area (Å²) in [6, 6.07) is 7.22. The van der Waals surface area contributed by atoms with Crippen molar-refractivity contribution in [3.05, 3.63) is 29.8 Å². The minimum atomic E-state index is -3.37. The van der Waals surface area contributed by atoms with Gasteiger partial charge in [0.15, 0.2) is 5.96 Å². The molecule has 168 valence electrons. The van der Waals surface area contributed by atoms with Crippen LogP contribution >= 0.6 is 0 Å². The highest BCUT2D eigenvalue weighted by Crippen LogP contribution is 2.21. The summed E-state index contributed by atoms with van der Waals surface area (Å²) >= 11 is 0. The average molecular weight is 437 g/mol. The van der Waals surface area contributed by atoms with E-state index in [1.54, 1.807) is 23.5 Å². The van der Waals surface area contributed by atoms with Crippen molar-refractivity contribution in [3.63, 3.8) is 0 Å². The number of nitrogens with one attached hydrogen (secondary N) is 1. The number of benzene rings is 1. The van der Waals surface area contributed by atoms with Crippen molar-refractivity contribution >= 4 is 16.0 Å². The first-order valence-corrected chi connectivity index (χ1v) is 12.5. The maximum atomic E-state index is 12.8. The second-order valence-corrected chi connectivity index (χ2v) is 10.2. The van der Waals surface area contributed by atoms with E-state index < -0.39 is 10.0 Å². The van der Waals surface area contributed by atoms with Crippen LogP contribution in [0.3, 0.4) is 0 Å². The van der Waals surface area contributed by atoms with Crippen molar-refractivity contribution in [2.75, 3.05) is 46.9 Å². The zero-order valence-corrected chi connectivity index (χ0v) is 19.2. The molecular weight excluding hydrogens is 400 g/mol. The summed E-state index contributed by atoms with van der Waals surface area (Å²) in [4.78, 5) is 6.93. The van der Waals surface area contributed by atoms with Crippen molar-refractivity contribution in [2.24, 2.45) is 10.9 Å². The van der Waals surface area contributed by atoms with Gasteiger partial charge in [-0.2, -0.15) is 4.31 Å². The van der Waals surface area contributed by atoms with Gasteiger partial charge in [0.1, 0.15) is 0 Å². The van der Waals surface area contributed by atoms with Gasteiger partial charge in [-0.15, -0.1) is 0 Å². The Balaban J connectivity index is 1.50. The maximum absolute atomic E-state index is 12.8. The highest BCUT2D eigenvalue weighted by Gasteiger charge is 2.25. The van der Waals surface area contributed by atoms with E-state index in [0.717, 1.165) is 75.7 Å². The number of hydrogen-bond acceptors (Lipinski definition) is 4. The molecule has 0 radical (unpaired) electrons. The van der Waals surface area contributed by atoms with E-state index in [9.17, 15) is 8.42 Å². The molecule has 2 aliphatic heterocycles. The second kappa shape index (κ2) is 11.1. The van der Waals surface area contributed by atoms with Crippen LogP contribution in [0.1, 0.15) is 44.1 Å². The van der Waals surface area contributed by atoms with Gasteiger partial charge in [0.05, 0.1) is 4.90 Å². The quantitative estimate of drug-likeness (QED) is 0.525. The summed E-state index contributed by atoms with van der Waals surface area (Å²) in [5.41, 5.74) is 1.03. The summed E-state index contributed by atoms with van der Waals surface area (Å²) in [7, 11) is 0.477. The topological polar surface area (TPSA) is 74.2 Å². The van der Waals surface area contributed by atoms with Crippen molar-refractivity contribution in [2.45, 2.75) is 50.0 Å². The van der Waals surface area contributed by atoms with Crippen LogP contribution in [-0.4, -0.2) is 70.5 Å². The molecular formula is C22H36N4O3S. The smallest absolute Gasteiger partial charge is 0.243 e. The van der Waals surface area contributed by atoms with E-state index in [2.05, 4.69) is 22.3 Å². The molecule has 1 aromatic rings. The van der Waals surface area contributed by atoms with Gasteiger partial charge < -0.3 is 15.0 Å². The van der Waals surface area contributed by atoms with Gasteiger partial charge >= 0.3 is 0 Å². The van der Waals surface area contributed by atoms with Crippen LogP contribution in [0.4, 0.5) is 0 Å². The Bertz CT molecular complexity index is 783. The van der Waals surface area contributed by atoms with Crippen LogP contribution in [0, 0.1) is 5.92 Å². The zero-order chi connectivity index (χ0) is 21.4. The van der Waals surface area contributed by atoms with Crippen LogP contribution in [0.25, 0.3) is 0 Å². The summed E-state index contributed by atoms with van der Waals surface area (Å²) in [6.45, 7) is 4.58. The molecule has 30 heavy (non-hydrogen) atoms. The van der Waals surface area contributed by atoms with E-state index in [1.807, 2.05) is 12.1 Å². The van der Waals surface area contributed by atoms with Gasteiger partial charge in [-0.3, -0.25) is 4.99 Å². The summed E-state index contributed by atoms with van der Waals surface area (Å²) in [6.07, 6.45) is 6.44. The Morgan fingerprint density at radius 3 is 2.47 bits per heavy atom. The highest BCUT2D eigenvalue weighted by atomic mass is 32.2. The molecule has 1 aromatic carbocycles. The van der Waals surface area contributed by atoms with Crippen LogP contribution < -0.4 is 5.32 Å². The molecule has 0 amide bonds. The lowest BCUT2D eigenvalue weighted by molar-refractivity contribution is 0.0625. The summed E-state index contributed by atoms with van der Waals surface area (Å²) in [5.74, 6) is 1.58. The fourth-order valence-electron chi connectivity index (χ4n) is 4.12. The first kappa shape index (κ1) is 23.0. The van der Waals surface area contributed by atoms with E-state index in [1.165, 1.54) is 0 Å². The SMILES string of the molecule is CN=C(NCc1ccc(S(=O)(=O)N2CCCCC2)cc1)N(C)CCC1CCOCC1. The van der Waals surface area contributed by atoms with Crippen LogP contribution in [0.2, 0.25) is 0 Å². The molecule has 3 rings (SSSR count). The molecule has 0 bridgehead atoms. The number of rotatable bonds is 7. The fraction of sp³-hybridized carbons (Fsp3) is 0.682. The highest BCUT2D eigenvalue weighted by molar-refractivity contribution is 7.89. The van der Waals surface area contributed by atoms with Gasteiger partial charge in [-0.25, -0.2) is 8.42 Å². The van der Waals surface area contributed by atoms with E-state index in [4.69, 9.17) is 4.74 Å². The molecule has 2 saturated heterocycles. The Morgan fingerprint density at radius 2 is 1.83 bits per heavy atom. The maximum Gasteiger partial charge on any atom is 0.243 e. The third-order valence-electron chi connectivity index (χ3n) is 6.11. The molecule has 0 saturated carbocycles. The molecule has 0 aromatic heterocycles. The van der Waals surface area contributed by atoms with Crippen molar-refractivity contribution in [1.82, 2.24) is 14.5 Å². The van der Waals surface area contributed by atoms with Crippen molar-refractivity contribution in [1.29, 1.82) is 0 Å². The Hall–Kier alpha value is -1.64. The number of guanidine groups is 1. The van der Waals surface area contributed by atoms with Crippen LogP contribution in [-0.2, 0) is 21.3 Å². The summed E-state index contributed by atoms with van der Waals surface area (Å²) in [5, 5.41) is 3.39. The number of aliphatic imine (C=N–C) groups is 1. The Morgan fingerprint density at radius 1 is 1.17 bits per heavy atom. The molecule has 0 aliphatic carbocycles. The summed E-state index contributed by atoms with van der Waals surface area (Å²) < 4.78 is 32.6. The number of sulfonamides is 1. The second-order valence-electron chi connectivity index (χ2n) is 8.28. The van der Waals surface area contributed by atoms with Crippen LogP contribution in [0.5, 0.6) is 0 Å².